The number of amides is 1. The van der Waals surface area contributed by atoms with Gasteiger partial charge in [-0.2, -0.15) is 0 Å². The number of nitrogens with zero attached hydrogens (tertiary/aromatic N) is 2. The van der Waals surface area contributed by atoms with E-state index in [1.165, 1.54) is 12.1 Å². The summed E-state index contributed by atoms with van der Waals surface area (Å²) in [6.45, 7) is 2.00. The van der Waals surface area contributed by atoms with E-state index in [0.29, 0.717) is 6.54 Å². The third-order valence-corrected chi connectivity index (χ3v) is 3.41. The topological polar surface area (TPSA) is 127 Å². The van der Waals surface area contributed by atoms with E-state index >= 15 is 0 Å². The molecule has 18 heavy (non-hydrogen) atoms. The zero-order valence-electron chi connectivity index (χ0n) is 9.88. The molecule has 0 aliphatic rings. The first-order valence-corrected chi connectivity index (χ1v) is 6.94. The Morgan fingerprint density at radius 2 is 2.11 bits per heavy atom. The van der Waals surface area contributed by atoms with Crippen LogP contribution in [0, 0.1) is 0 Å². The fourth-order valence-corrected chi connectivity index (χ4v) is 2.10. The number of carbonyl (C=O) groups excluding carboxylic acids is 1. The Labute approximate surface area is 105 Å². The Balaban J connectivity index is 2.45. The summed E-state index contributed by atoms with van der Waals surface area (Å²) in [5, 5.41) is 9.53. The first-order valence-electron chi connectivity index (χ1n) is 5.29. The molecule has 0 radical (unpaired) electrons. The van der Waals surface area contributed by atoms with Gasteiger partial charge in [0.05, 0.1) is 5.75 Å². The molecular formula is C9H15N5O3S. The summed E-state index contributed by atoms with van der Waals surface area (Å²) in [5.41, 5.74) is 5.41. The predicted molar refractivity (Wildman–Crippen MR) is 66.2 cm³/mol. The summed E-state index contributed by atoms with van der Waals surface area (Å²) in [6, 6.07) is 2.85. The highest BCUT2D eigenvalue weighted by Gasteiger charge is 2.11. The van der Waals surface area contributed by atoms with Gasteiger partial charge in [0.1, 0.15) is 5.82 Å². The molecule has 1 rings (SSSR count). The molecule has 0 saturated carbocycles. The molecule has 8 nitrogen and oxygen atoms in total. The highest BCUT2D eigenvalue weighted by Crippen LogP contribution is 1.96. The quantitative estimate of drug-likeness (QED) is 0.593. The summed E-state index contributed by atoms with van der Waals surface area (Å²) in [6.07, 6.45) is 0. The first-order chi connectivity index (χ1) is 8.44. The Morgan fingerprint density at radius 3 is 2.67 bits per heavy atom. The molecule has 0 unspecified atom stereocenters. The molecule has 4 N–H and O–H groups in total. The second kappa shape index (κ2) is 6.26. The molecule has 100 valence electrons. The maximum atomic E-state index is 11.5. The zero-order valence-corrected chi connectivity index (χ0v) is 10.7. The van der Waals surface area contributed by atoms with Crippen LogP contribution >= 0.6 is 0 Å². The van der Waals surface area contributed by atoms with Crippen molar-refractivity contribution in [2.45, 2.75) is 6.92 Å². The lowest BCUT2D eigenvalue weighted by Crippen LogP contribution is -2.34. The van der Waals surface area contributed by atoms with Crippen molar-refractivity contribution in [3.8, 4) is 0 Å². The number of nitrogen functional groups attached to an aromatic ring is 1. The number of sulfonamides is 1. The van der Waals surface area contributed by atoms with Gasteiger partial charge in [0.15, 0.2) is 5.69 Å². The molecule has 1 heterocycles. The minimum absolute atomic E-state index is 0.000221. The largest absolute Gasteiger partial charge is 0.382 e. The summed E-state index contributed by atoms with van der Waals surface area (Å²) in [7, 11) is -3.34. The highest BCUT2D eigenvalue weighted by molar-refractivity contribution is 7.89. The average Bonchev–Trinajstić information content (AvgIpc) is 2.29. The summed E-state index contributed by atoms with van der Waals surface area (Å²) < 4.78 is 24.9. The van der Waals surface area contributed by atoms with Crippen LogP contribution in [0.2, 0.25) is 0 Å². The second-order valence-corrected chi connectivity index (χ2v) is 5.34. The fraction of sp³-hybridized carbons (Fsp3) is 0.444. The van der Waals surface area contributed by atoms with E-state index in [1.807, 2.05) is 0 Å². The maximum Gasteiger partial charge on any atom is 0.271 e. The molecule has 0 bridgehead atoms. The highest BCUT2D eigenvalue weighted by atomic mass is 32.2. The third kappa shape index (κ3) is 4.63. The average molecular weight is 273 g/mol. The van der Waals surface area contributed by atoms with Gasteiger partial charge in [-0.25, -0.2) is 13.1 Å². The first kappa shape index (κ1) is 14.3. The number of rotatable bonds is 6. The molecule has 0 aliphatic heterocycles. The van der Waals surface area contributed by atoms with Crippen molar-refractivity contribution >= 4 is 21.7 Å². The lowest BCUT2D eigenvalue weighted by Gasteiger charge is -2.05. The molecular weight excluding hydrogens is 258 g/mol. The Morgan fingerprint density at radius 1 is 1.39 bits per heavy atom. The molecule has 1 aromatic heterocycles. The van der Waals surface area contributed by atoms with Crippen molar-refractivity contribution in [1.29, 1.82) is 0 Å². The van der Waals surface area contributed by atoms with Gasteiger partial charge in [-0.3, -0.25) is 4.79 Å². The van der Waals surface area contributed by atoms with Gasteiger partial charge in [-0.05, 0) is 12.1 Å². The molecule has 1 amide bonds. The van der Waals surface area contributed by atoms with E-state index in [2.05, 4.69) is 20.2 Å². The van der Waals surface area contributed by atoms with E-state index in [-0.39, 0.29) is 23.8 Å². The normalized spacial score (nSPS) is 11.2. The predicted octanol–water partition coefficient (Wildman–Crippen LogP) is -1.27. The van der Waals surface area contributed by atoms with E-state index in [4.69, 9.17) is 5.73 Å². The van der Waals surface area contributed by atoms with Crippen molar-refractivity contribution in [2.24, 2.45) is 0 Å². The van der Waals surface area contributed by atoms with Crippen molar-refractivity contribution in [2.75, 3.05) is 24.6 Å². The van der Waals surface area contributed by atoms with Crippen LogP contribution < -0.4 is 15.8 Å². The summed E-state index contributed by atoms with van der Waals surface area (Å²) in [5.74, 6) is -0.468. The van der Waals surface area contributed by atoms with Gasteiger partial charge in [-0.1, -0.05) is 6.92 Å². The lowest BCUT2D eigenvalue weighted by molar-refractivity contribution is 0.0950. The van der Waals surface area contributed by atoms with Gasteiger partial charge in [-0.15, -0.1) is 10.2 Å². The maximum absolute atomic E-state index is 11.5. The van der Waals surface area contributed by atoms with Crippen LogP contribution in [0.25, 0.3) is 0 Å². The SMILES string of the molecule is CCNS(=O)(=O)CCNC(=O)c1ccc(N)nn1. The number of carbonyl (C=O) groups is 1. The molecule has 1 aromatic rings. The number of hydrogen-bond donors (Lipinski definition) is 3. The van der Waals surface area contributed by atoms with Crippen molar-refractivity contribution in [3.63, 3.8) is 0 Å². The molecule has 0 saturated heterocycles. The van der Waals surface area contributed by atoms with Crippen LogP contribution in [0.5, 0.6) is 0 Å². The molecule has 0 spiro atoms. The van der Waals surface area contributed by atoms with Crippen LogP contribution in [0.4, 0.5) is 5.82 Å². The Bertz CT molecular complexity index is 499. The Kier molecular flexibility index (Phi) is 4.98. The van der Waals surface area contributed by atoms with Crippen LogP contribution in [-0.2, 0) is 10.0 Å². The zero-order chi connectivity index (χ0) is 13.6. The number of nitrogens with one attached hydrogen (secondary N) is 2. The van der Waals surface area contributed by atoms with Gasteiger partial charge < -0.3 is 11.1 Å². The monoisotopic (exact) mass is 273 g/mol. The van der Waals surface area contributed by atoms with Crippen molar-refractivity contribution in [3.05, 3.63) is 17.8 Å². The van der Waals surface area contributed by atoms with Gasteiger partial charge >= 0.3 is 0 Å². The van der Waals surface area contributed by atoms with Crippen LogP contribution in [0.3, 0.4) is 0 Å². The number of aromatic nitrogens is 2. The Hall–Kier alpha value is -1.74. The number of nitrogens with two attached hydrogens (primary N) is 1. The van der Waals surface area contributed by atoms with E-state index < -0.39 is 15.9 Å². The van der Waals surface area contributed by atoms with Gasteiger partial charge in [0.25, 0.3) is 5.91 Å². The minimum atomic E-state index is -3.34. The summed E-state index contributed by atoms with van der Waals surface area (Å²) in [4.78, 5) is 11.5. The van der Waals surface area contributed by atoms with Crippen molar-refractivity contribution < 1.29 is 13.2 Å². The van der Waals surface area contributed by atoms with Crippen LogP contribution in [0.1, 0.15) is 17.4 Å². The van der Waals surface area contributed by atoms with Gasteiger partial charge in [0, 0.05) is 13.1 Å². The molecule has 0 aromatic carbocycles. The molecule has 9 heteroatoms. The molecule has 0 atom stereocenters. The second-order valence-electron chi connectivity index (χ2n) is 3.42. The fourth-order valence-electron chi connectivity index (χ4n) is 1.15. The van der Waals surface area contributed by atoms with Crippen LogP contribution in [-0.4, -0.2) is 43.4 Å². The lowest BCUT2D eigenvalue weighted by atomic mass is 10.3. The van der Waals surface area contributed by atoms with E-state index in [0.717, 1.165) is 0 Å². The summed E-state index contributed by atoms with van der Waals surface area (Å²) >= 11 is 0. The van der Waals surface area contributed by atoms with E-state index in [9.17, 15) is 13.2 Å². The molecule has 0 aliphatic carbocycles. The van der Waals surface area contributed by atoms with Crippen LogP contribution in [0.15, 0.2) is 12.1 Å². The standard InChI is InChI=1S/C9H15N5O3S/c1-2-12-18(16,17)6-5-11-9(15)7-3-4-8(10)14-13-7/h3-4,12H,2,5-6H2,1H3,(H2,10,14)(H,11,15). The smallest absolute Gasteiger partial charge is 0.271 e. The van der Waals surface area contributed by atoms with Gasteiger partial charge in [0.2, 0.25) is 10.0 Å². The number of hydrogen-bond acceptors (Lipinski definition) is 6. The third-order valence-electron chi connectivity index (χ3n) is 1.94. The molecule has 0 fully saturated rings. The van der Waals surface area contributed by atoms with E-state index in [1.54, 1.807) is 6.92 Å². The van der Waals surface area contributed by atoms with Crippen molar-refractivity contribution in [1.82, 2.24) is 20.2 Å². The number of anilines is 1. The minimum Gasteiger partial charge on any atom is -0.382 e.